The minimum atomic E-state index is 0.260. The van der Waals surface area contributed by atoms with Crippen molar-refractivity contribution in [3.63, 3.8) is 0 Å². The molecule has 0 aliphatic carbocycles. The molecule has 1 aromatic carbocycles. The number of aryl methyl sites for hydroxylation is 1. The number of rotatable bonds is 3. The second-order valence-electron chi connectivity index (χ2n) is 3.66. The highest BCUT2D eigenvalue weighted by Crippen LogP contribution is 2.22. The molecule has 0 saturated carbocycles. The summed E-state index contributed by atoms with van der Waals surface area (Å²) in [5.74, 6) is 0.606. The summed E-state index contributed by atoms with van der Waals surface area (Å²) < 4.78 is 0. The number of Topliss-reactive ketones (excluding diaryl/α,β-unsaturated/α-hetero) is 1. The lowest BCUT2D eigenvalue weighted by Crippen LogP contribution is -2.01. The van der Waals surface area contributed by atoms with E-state index in [9.17, 15) is 4.79 Å². The summed E-state index contributed by atoms with van der Waals surface area (Å²) in [7, 11) is 0. The Balaban J connectivity index is 2.82. The Bertz CT molecular complexity index is 302. The van der Waals surface area contributed by atoms with E-state index >= 15 is 0 Å². The highest BCUT2D eigenvalue weighted by atomic mass is 16.1. The minimum Gasteiger partial charge on any atom is -0.300 e. The lowest BCUT2D eigenvalue weighted by Gasteiger charge is -2.12. The molecule has 13 heavy (non-hydrogen) atoms. The van der Waals surface area contributed by atoms with Gasteiger partial charge >= 0.3 is 0 Å². The average molecular weight is 176 g/mol. The molecule has 0 aliphatic heterocycles. The maximum Gasteiger partial charge on any atom is 0.130 e. The van der Waals surface area contributed by atoms with E-state index in [1.54, 1.807) is 6.92 Å². The van der Waals surface area contributed by atoms with Crippen molar-refractivity contribution in [2.45, 2.75) is 33.1 Å². The zero-order valence-electron chi connectivity index (χ0n) is 8.50. The summed E-state index contributed by atoms with van der Waals surface area (Å²) in [5, 5.41) is 0. The Morgan fingerprint density at radius 3 is 2.54 bits per heavy atom. The molecule has 0 bridgehead atoms. The first-order valence-corrected chi connectivity index (χ1v) is 4.66. The van der Waals surface area contributed by atoms with Crippen molar-refractivity contribution in [2.75, 3.05) is 0 Å². The van der Waals surface area contributed by atoms with Gasteiger partial charge < -0.3 is 4.79 Å². The summed E-state index contributed by atoms with van der Waals surface area (Å²) in [6, 6.07) is 8.24. The van der Waals surface area contributed by atoms with Gasteiger partial charge in [0.2, 0.25) is 0 Å². The lowest BCUT2D eigenvalue weighted by atomic mass is 9.93. The van der Waals surface area contributed by atoms with Crippen LogP contribution in [0.3, 0.4) is 0 Å². The van der Waals surface area contributed by atoms with Gasteiger partial charge in [0.25, 0.3) is 0 Å². The predicted molar refractivity (Wildman–Crippen MR) is 54.9 cm³/mol. The van der Waals surface area contributed by atoms with Gasteiger partial charge in [-0.05, 0) is 30.9 Å². The zero-order valence-corrected chi connectivity index (χ0v) is 8.50. The van der Waals surface area contributed by atoms with Crippen molar-refractivity contribution >= 4 is 5.78 Å². The molecule has 1 nitrogen and oxygen atoms in total. The fourth-order valence-corrected chi connectivity index (χ4v) is 1.68. The maximum atomic E-state index is 10.9. The Kier molecular flexibility index (Phi) is 3.24. The van der Waals surface area contributed by atoms with Crippen LogP contribution in [-0.2, 0) is 4.79 Å². The maximum absolute atomic E-state index is 10.9. The number of carbonyl (C=O) groups is 1. The van der Waals surface area contributed by atoms with Gasteiger partial charge in [0.05, 0.1) is 0 Å². The number of carbonyl (C=O) groups excluding carboxylic acids is 1. The lowest BCUT2D eigenvalue weighted by molar-refractivity contribution is -0.117. The molecule has 70 valence electrons. The fourth-order valence-electron chi connectivity index (χ4n) is 1.68. The highest BCUT2D eigenvalue weighted by molar-refractivity contribution is 5.76. The average Bonchev–Trinajstić information content (AvgIpc) is 2.03. The molecule has 0 fully saturated rings. The monoisotopic (exact) mass is 176 g/mol. The van der Waals surface area contributed by atoms with Crippen LogP contribution in [0.1, 0.15) is 37.3 Å². The Morgan fingerprint density at radius 1 is 1.38 bits per heavy atom. The van der Waals surface area contributed by atoms with Gasteiger partial charge in [-0.2, -0.15) is 0 Å². The van der Waals surface area contributed by atoms with Crippen LogP contribution >= 0.6 is 0 Å². The van der Waals surface area contributed by atoms with Crippen LogP contribution in [0.4, 0.5) is 0 Å². The summed E-state index contributed by atoms with van der Waals surface area (Å²) in [4.78, 5) is 10.9. The highest BCUT2D eigenvalue weighted by Gasteiger charge is 2.09. The van der Waals surface area contributed by atoms with Crippen LogP contribution in [0.15, 0.2) is 24.3 Å². The second-order valence-corrected chi connectivity index (χ2v) is 3.66. The van der Waals surface area contributed by atoms with Crippen LogP contribution < -0.4 is 0 Å². The third-order valence-corrected chi connectivity index (χ3v) is 2.31. The van der Waals surface area contributed by atoms with Gasteiger partial charge in [-0.25, -0.2) is 0 Å². The van der Waals surface area contributed by atoms with Crippen molar-refractivity contribution in [3.05, 3.63) is 35.4 Å². The Labute approximate surface area is 79.8 Å². The molecule has 0 spiro atoms. The zero-order chi connectivity index (χ0) is 9.84. The standard InChI is InChI=1S/C12H16O/c1-9-6-4-5-7-12(9)10(2)8-11(3)13/h4-7,10H,8H2,1-3H3/t10-/m1/s1. The van der Waals surface area contributed by atoms with Crippen molar-refractivity contribution in [1.29, 1.82) is 0 Å². The van der Waals surface area contributed by atoms with Crippen molar-refractivity contribution in [3.8, 4) is 0 Å². The van der Waals surface area contributed by atoms with E-state index in [0.717, 1.165) is 0 Å². The molecule has 0 radical (unpaired) electrons. The van der Waals surface area contributed by atoms with Gasteiger partial charge in [-0.3, -0.25) is 0 Å². The number of benzene rings is 1. The van der Waals surface area contributed by atoms with E-state index in [2.05, 4.69) is 26.0 Å². The molecule has 0 aromatic heterocycles. The summed E-state index contributed by atoms with van der Waals surface area (Å²) in [6.45, 7) is 5.84. The van der Waals surface area contributed by atoms with Crippen LogP contribution in [0, 0.1) is 6.92 Å². The molecule has 0 amide bonds. The minimum absolute atomic E-state index is 0.260. The third-order valence-electron chi connectivity index (χ3n) is 2.31. The number of hydrogen-bond donors (Lipinski definition) is 0. The quantitative estimate of drug-likeness (QED) is 0.691. The molecular formula is C12H16O. The summed E-state index contributed by atoms with van der Waals surface area (Å²) >= 11 is 0. The van der Waals surface area contributed by atoms with Crippen LogP contribution in [0.2, 0.25) is 0 Å². The van der Waals surface area contributed by atoms with Gasteiger partial charge in [-0.1, -0.05) is 31.2 Å². The largest absolute Gasteiger partial charge is 0.300 e. The van der Waals surface area contributed by atoms with Crippen LogP contribution in [0.5, 0.6) is 0 Å². The number of ketones is 1. The number of hydrogen-bond acceptors (Lipinski definition) is 1. The van der Waals surface area contributed by atoms with E-state index in [-0.39, 0.29) is 5.78 Å². The van der Waals surface area contributed by atoms with Gasteiger partial charge in [0.15, 0.2) is 0 Å². The van der Waals surface area contributed by atoms with Gasteiger partial charge in [0, 0.05) is 6.42 Å². The van der Waals surface area contributed by atoms with E-state index in [0.29, 0.717) is 12.3 Å². The molecule has 0 aliphatic rings. The Hall–Kier alpha value is -1.11. The second kappa shape index (κ2) is 4.22. The first kappa shape index (κ1) is 9.97. The first-order chi connectivity index (χ1) is 6.11. The van der Waals surface area contributed by atoms with Gasteiger partial charge in [-0.15, -0.1) is 0 Å². The van der Waals surface area contributed by atoms with Crippen LogP contribution in [-0.4, -0.2) is 5.78 Å². The molecule has 0 heterocycles. The topological polar surface area (TPSA) is 17.1 Å². The first-order valence-electron chi connectivity index (χ1n) is 4.66. The van der Waals surface area contributed by atoms with E-state index in [4.69, 9.17) is 0 Å². The smallest absolute Gasteiger partial charge is 0.130 e. The van der Waals surface area contributed by atoms with E-state index in [1.807, 2.05) is 12.1 Å². The summed E-state index contributed by atoms with van der Waals surface area (Å²) in [6.07, 6.45) is 0.644. The van der Waals surface area contributed by atoms with Crippen LogP contribution in [0.25, 0.3) is 0 Å². The van der Waals surface area contributed by atoms with E-state index < -0.39 is 0 Å². The predicted octanol–water partition coefficient (Wildman–Crippen LogP) is 3.08. The molecular weight excluding hydrogens is 160 g/mol. The fraction of sp³-hybridized carbons (Fsp3) is 0.417. The molecule has 1 atom stereocenters. The van der Waals surface area contributed by atoms with Gasteiger partial charge in [0.1, 0.15) is 5.78 Å². The normalized spacial score (nSPS) is 12.5. The molecule has 1 heteroatoms. The molecule has 1 rings (SSSR count). The third kappa shape index (κ3) is 2.69. The molecule has 0 saturated heterocycles. The summed E-state index contributed by atoms with van der Waals surface area (Å²) in [5.41, 5.74) is 2.56. The van der Waals surface area contributed by atoms with Crippen molar-refractivity contribution in [1.82, 2.24) is 0 Å². The van der Waals surface area contributed by atoms with E-state index in [1.165, 1.54) is 11.1 Å². The van der Waals surface area contributed by atoms with Crippen molar-refractivity contribution < 1.29 is 4.79 Å². The SMILES string of the molecule is CC(=O)C[C@@H](C)c1ccccc1C. The molecule has 0 unspecified atom stereocenters. The molecule has 0 N–H and O–H groups in total. The molecule has 1 aromatic rings. The van der Waals surface area contributed by atoms with Crippen molar-refractivity contribution in [2.24, 2.45) is 0 Å². The Morgan fingerprint density at radius 2 is 2.00 bits per heavy atom.